The van der Waals surface area contributed by atoms with Crippen molar-refractivity contribution in [2.45, 2.75) is 88.6 Å². The Bertz CT molecular complexity index is 1820. The molecule has 0 saturated carbocycles. The predicted molar refractivity (Wildman–Crippen MR) is 198 cm³/mol. The van der Waals surface area contributed by atoms with Crippen LogP contribution >= 0.6 is 0 Å². The number of rotatable bonds is 21. The Hall–Kier alpha value is -4.61. The molecule has 0 saturated heterocycles. The second-order valence-electron chi connectivity index (χ2n) is 13.2. The molecule has 0 aliphatic carbocycles. The van der Waals surface area contributed by atoms with Crippen LogP contribution in [-0.2, 0) is 48.3 Å². The van der Waals surface area contributed by atoms with Gasteiger partial charge < -0.3 is 25.3 Å². The van der Waals surface area contributed by atoms with Gasteiger partial charge in [0.1, 0.15) is 30.1 Å². The summed E-state index contributed by atoms with van der Waals surface area (Å²) < 4.78 is 113. The Morgan fingerprint density at radius 2 is 1.50 bits per heavy atom. The number of nitrogens with zero attached hydrogens (tertiary/aromatic N) is 1. The van der Waals surface area contributed by atoms with E-state index < -0.39 is 94.4 Å². The Balaban J connectivity index is 2.13. The van der Waals surface area contributed by atoms with E-state index in [1.807, 2.05) is 0 Å². The number of halogens is 5. The molecule has 308 valence electrons. The highest BCUT2D eigenvalue weighted by molar-refractivity contribution is 7.92. The zero-order chi connectivity index (χ0) is 41.5. The van der Waals surface area contributed by atoms with Crippen molar-refractivity contribution < 1.29 is 59.0 Å². The third-order valence-corrected chi connectivity index (χ3v) is 11.1. The number of nitrogens with one attached hydrogen (secondary N) is 1. The van der Waals surface area contributed by atoms with Gasteiger partial charge in [0.25, 0.3) is 0 Å². The standard InChI is InChI=1S/C39H48F5N3O8S/c1-4-10-32(11-5-2)56(51,52)25-33(45)36(48)47(38(50)54-24-27-12-7-6-8-13-27)34(21-28-18-29(40)22-30(41)19-28)35(55-37(49)39(42,43)44)23-46-17-16-26-14-9-15-31(20-26)53-3/h6-9,12-15,18-20,22,32-35,46H,4-5,10-11,16-17,21,23-25,45H2,1-3H3/t33?,34-,35+/m0/s1. The van der Waals surface area contributed by atoms with Crippen molar-refractivity contribution in [1.29, 1.82) is 0 Å². The van der Waals surface area contributed by atoms with Gasteiger partial charge in [0.15, 0.2) is 9.84 Å². The fourth-order valence-corrected chi connectivity index (χ4v) is 8.19. The number of amides is 2. The van der Waals surface area contributed by atoms with Gasteiger partial charge in [-0.2, -0.15) is 13.2 Å². The molecule has 1 unspecified atom stereocenters. The molecule has 0 fully saturated rings. The van der Waals surface area contributed by atoms with Crippen LogP contribution in [-0.4, -0.2) is 86.9 Å². The molecule has 0 aliphatic rings. The van der Waals surface area contributed by atoms with Gasteiger partial charge in [-0.05, 0) is 73.2 Å². The van der Waals surface area contributed by atoms with E-state index in [9.17, 15) is 44.8 Å². The SMILES string of the molecule is CCCC(CCC)S(=O)(=O)CC(N)C(=O)N(C(=O)OCc1ccccc1)[C@@H](Cc1cc(F)cc(F)c1)[C@@H](CNCCc1cccc(OC)c1)OC(=O)C(F)(F)F. The monoisotopic (exact) mass is 813 g/mol. The van der Waals surface area contributed by atoms with Gasteiger partial charge in [-0.15, -0.1) is 0 Å². The number of carbonyl (C=O) groups is 3. The highest BCUT2D eigenvalue weighted by Crippen LogP contribution is 2.25. The third-order valence-electron chi connectivity index (χ3n) is 8.79. The molecule has 2 amide bonds. The van der Waals surface area contributed by atoms with E-state index in [1.54, 1.807) is 68.4 Å². The number of hydrogen-bond donors (Lipinski definition) is 2. The third kappa shape index (κ3) is 14.2. The Kier molecular flexibility index (Phi) is 17.7. The summed E-state index contributed by atoms with van der Waals surface area (Å²) in [6, 6.07) is 13.2. The molecule has 0 spiro atoms. The smallest absolute Gasteiger partial charge is 0.490 e. The van der Waals surface area contributed by atoms with E-state index in [2.05, 4.69) is 5.32 Å². The van der Waals surface area contributed by atoms with E-state index in [4.69, 9.17) is 19.9 Å². The number of imide groups is 1. The second-order valence-corrected chi connectivity index (χ2v) is 15.5. The fourth-order valence-electron chi connectivity index (χ4n) is 6.09. The molecule has 3 aromatic rings. The van der Waals surface area contributed by atoms with Crippen LogP contribution < -0.4 is 15.8 Å². The van der Waals surface area contributed by atoms with Crippen LogP contribution in [0.1, 0.15) is 56.2 Å². The summed E-state index contributed by atoms with van der Waals surface area (Å²) in [5.74, 6) is -6.69. The van der Waals surface area contributed by atoms with Crippen LogP contribution in [0.5, 0.6) is 5.75 Å². The van der Waals surface area contributed by atoms with Gasteiger partial charge in [-0.1, -0.05) is 69.2 Å². The average molecular weight is 814 g/mol. The van der Waals surface area contributed by atoms with Gasteiger partial charge in [-0.3, -0.25) is 4.79 Å². The van der Waals surface area contributed by atoms with Crippen LogP contribution in [0.4, 0.5) is 26.7 Å². The van der Waals surface area contributed by atoms with Gasteiger partial charge >= 0.3 is 18.2 Å². The van der Waals surface area contributed by atoms with Crippen molar-refractivity contribution in [2.24, 2.45) is 5.73 Å². The average Bonchev–Trinajstić information content (AvgIpc) is 3.14. The maximum Gasteiger partial charge on any atom is 0.490 e. The first-order valence-electron chi connectivity index (χ1n) is 18.1. The molecule has 0 aliphatic heterocycles. The van der Waals surface area contributed by atoms with Crippen molar-refractivity contribution in [1.82, 2.24) is 10.2 Å². The van der Waals surface area contributed by atoms with Crippen molar-refractivity contribution >= 4 is 27.8 Å². The summed E-state index contributed by atoms with van der Waals surface area (Å²) in [4.78, 5) is 41.1. The van der Waals surface area contributed by atoms with Crippen LogP contribution in [0.15, 0.2) is 72.8 Å². The minimum Gasteiger partial charge on any atom is -0.497 e. The zero-order valence-electron chi connectivity index (χ0n) is 31.4. The largest absolute Gasteiger partial charge is 0.497 e. The molecule has 0 bridgehead atoms. The Labute approximate surface area is 323 Å². The molecule has 56 heavy (non-hydrogen) atoms. The number of alkyl halides is 3. The van der Waals surface area contributed by atoms with Gasteiger partial charge in [0.05, 0.1) is 30.2 Å². The zero-order valence-corrected chi connectivity index (χ0v) is 32.2. The van der Waals surface area contributed by atoms with Crippen LogP contribution in [0.2, 0.25) is 0 Å². The summed E-state index contributed by atoms with van der Waals surface area (Å²) >= 11 is 0. The summed E-state index contributed by atoms with van der Waals surface area (Å²) in [6.07, 6.45) is -8.07. The van der Waals surface area contributed by atoms with Gasteiger partial charge in [-0.25, -0.2) is 31.7 Å². The number of esters is 1. The van der Waals surface area contributed by atoms with Crippen molar-refractivity contribution in [3.05, 3.63) is 101 Å². The number of nitrogens with two attached hydrogens (primary N) is 1. The van der Waals surface area contributed by atoms with Crippen LogP contribution in [0.3, 0.4) is 0 Å². The van der Waals surface area contributed by atoms with E-state index >= 15 is 0 Å². The van der Waals surface area contributed by atoms with E-state index in [0.717, 1.165) is 17.7 Å². The van der Waals surface area contributed by atoms with Crippen molar-refractivity contribution in [2.75, 3.05) is 26.0 Å². The van der Waals surface area contributed by atoms with Crippen LogP contribution in [0.25, 0.3) is 0 Å². The molecule has 3 atom stereocenters. The lowest BCUT2D eigenvalue weighted by Crippen LogP contribution is -2.60. The minimum absolute atomic E-state index is 0.0644. The summed E-state index contributed by atoms with van der Waals surface area (Å²) in [6.45, 7) is 2.53. The Morgan fingerprint density at radius 3 is 2.09 bits per heavy atom. The maximum atomic E-state index is 14.5. The molecule has 3 aromatic carbocycles. The van der Waals surface area contributed by atoms with Crippen molar-refractivity contribution in [3.8, 4) is 5.75 Å². The highest BCUT2D eigenvalue weighted by Gasteiger charge is 2.47. The molecule has 3 N–H and O–H groups in total. The Morgan fingerprint density at radius 1 is 0.875 bits per heavy atom. The lowest BCUT2D eigenvalue weighted by molar-refractivity contribution is -0.207. The molecule has 11 nitrogen and oxygen atoms in total. The lowest BCUT2D eigenvalue weighted by Gasteiger charge is -2.36. The van der Waals surface area contributed by atoms with Gasteiger partial charge in [0, 0.05) is 12.6 Å². The van der Waals surface area contributed by atoms with E-state index in [1.165, 1.54) is 7.11 Å². The minimum atomic E-state index is -5.55. The number of benzene rings is 3. The predicted octanol–water partition coefficient (Wildman–Crippen LogP) is 6.07. The normalized spacial score (nSPS) is 13.5. The fraction of sp³-hybridized carbons (Fsp3) is 0.462. The number of sulfone groups is 1. The maximum absolute atomic E-state index is 14.5. The molecule has 17 heteroatoms. The summed E-state index contributed by atoms with van der Waals surface area (Å²) in [5.41, 5.74) is 7.17. The number of ether oxygens (including phenoxy) is 3. The molecule has 0 aromatic heterocycles. The quantitative estimate of drug-likeness (QED) is 0.0737. The van der Waals surface area contributed by atoms with E-state index in [0.29, 0.717) is 35.1 Å². The van der Waals surface area contributed by atoms with Gasteiger partial charge in [0.2, 0.25) is 5.91 Å². The van der Waals surface area contributed by atoms with Crippen LogP contribution in [0, 0.1) is 11.6 Å². The first-order valence-corrected chi connectivity index (χ1v) is 19.8. The first kappa shape index (κ1) is 45.8. The number of hydrogen-bond acceptors (Lipinski definition) is 10. The molecular weight excluding hydrogens is 765 g/mol. The van der Waals surface area contributed by atoms with E-state index in [-0.39, 0.29) is 31.4 Å². The summed E-state index contributed by atoms with van der Waals surface area (Å²) in [5, 5.41) is 1.99. The summed E-state index contributed by atoms with van der Waals surface area (Å²) in [7, 11) is -2.62. The molecular formula is C39H48F5N3O8S. The highest BCUT2D eigenvalue weighted by atomic mass is 32.2. The molecule has 0 heterocycles. The topological polar surface area (TPSA) is 154 Å². The molecule has 0 radical (unpaired) electrons. The first-order chi connectivity index (χ1) is 26.5. The molecule has 3 rings (SSSR count). The lowest BCUT2D eigenvalue weighted by atomic mass is 9.98. The number of carbonyl (C=O) groups excluding carboxylic acids is 3. The second kappa shape index (κ2) is 21.6. The van der Waals surface area contributed by atoms with Crippen molar-refractivity contribution in [3.63, 3.8) is 0 Å². The number of methoxy groups -OCH3 is 1.